The predicted molar refractivity (Wildman–Crippen MR) is 91.6 cm³/mol. The summed E-state index contributed by atoms with van der Waals surface area (Å²) in [6, 6.07) is 6.83. The van der Waals surface area contributed by atoms with Gasteiger partial charge in [-0.2, -0.15) is 0 Å². The van der Waals surface area contributed by atoms with Crippen LogP contribution in [0, 0.1) is 16.7 Å². The van der Waals surface area contributed by atoms with Crippen molar-refractivity contribution in [1.82, 2.24) is 0 Å². The molecule has 0 heterocycles. The van der Waals surface area contributed by atoms with Gasteiger partial charge in [-0.25, -0.2) is 0 Å². The van der Waals surface area contributed by atoms with Crippen molar-refractivity contribution < 1.29 is 9.53 Å². The zero-order valence-corrected chi connectivity index (χ0v) is 14.4. The van der Waals surface area contributed by atoms with E-state index in [4.69, 9.17) is 15.5 Å². The molecule has 2 fully saturated rings. The van der Waals surface area contributed by atoms with Crippen molar-refractivity contribution in [3.63, 3.8) is 0 Å². The highest BCUT2D eigenvalue weighted by Crippen LogP contribution is 2.64. The van der Waals surface area contributed by atoms with E-state index in [9.17, 15) is 4.79 Å². The van der Waals surface area contributed by atoms with E-state index < -0.39 is 11.9 Å². The monoisotopic (exact) mass is 314 g/mol. The largest absolute Gasteiger partial charge is 0.497 e. The van der Waals surface area contributed by atoms with Gasteiger partial charge in [0.25, 0.3) is 0 Å². The number of benzene rings is 1. The van der Waals surface area contributed by atoms with Gasteiger partial charge in [-0.15, -0.1) is 0 Å². The highest BCUT2D eigenvalue weighted by atomic mass is 16.5. The SMILES string of the molecule is COc1ccc([C@H](N=C2C[C@H]3CC[C@]2(C)C3(C)C)C(N)=O)cc1. The number of rotatable bonds is 4. The van der Waals surface area contributed by atoms with Crippen LogP contribution in [0.1, 0.15) is 51.6 Å². The molecule has 0 aliphatic heterocycles. The zero-order valence-electron chi connectivity index (χ0n) is 14.4. The van der Waals surface area contributed by atoms with Crippen LogP contribution >= 0.6 is 0 Å². The molecule has 0 spiro atoms. The van der Waals surface area contributed by atoms with Crippen molar-refractivity contribution in [1.29, 1.82) is 0 Å². The fourth-order valence-corrected chi connectivity index (χ4v) is 4.37. The molecule has 23 heavy (non-hydrogen) atoms. The molecular formula is C19H26N2O2. The van der Waals surface area contributed by atoms with Crippen LogP contribution in [0.4, 0.5) is 0 Å². The third kappa shape index (κ3) is 2.35. The van der Waals surface area contributed by atoms with Crippen molar-refractivity contribution >= 4 is 11.6 Å². The van der Waals surface area contributed by atoms with Gasteiger partial charge in [-0.05, 0) is 48.3 Å². The lowest BCUT2D eigenvalue weighted by molar-refractivity contribution is -0.119. The van der Waals surface area contributed by atoms with Crippen LogP contribution in [0.15, 0.2) is 29.3 Å². The average molecular weight is 314 g/mol. The summed E-state index contributed by atoms with van der Waals surface area (Å²) in [6.45, 7) is 6.96. The number of amides is 1. The first-order valence-corrected chi connectivity index (χ1v) is 8.30. The lowest BCUT2D eigenvalue weighted by Crippen LogP contribution is -2.33. The minimum atomic E-state index is -0.608. The topological polar surface area (TPSA) is 64.7 Å². The molecule has 1 aromatic carbocycles. The van der Waals surface area contributed by atoms with Crippen molar-refractivity contribution in [2.24, 2.45) is 27.5 Å². The van der Waals surface area contributed by atoms with Crippen LogP contribution in [0.5, 0.6) is 5.75 Å². The molecule has 3 atom stereocenters. The van der Waals surface area contributed by atoms with Gasteiger partial charge in [-0.1, -0.05) is 32.9 Å². The minimum absolute atomic E-state index is 0.0812. The van der Waals surface area contributed by atoms with Gasteiger partial charge in [0.2, 0.25) is 5.91 Å². The molecule has 0 radical (unpaired) electrons. The summed E-state index contributed by atoms with van der Waals surface area (Å²) < 4.78 is 5.17. The Bertz CT molecular complexity index is 648. The number of fused-ring (bicyclic) bond motifs is 2. The Morgan fingerprint density at radius 3 is 2.39 bits per heavy atom. The first kappa shape index (κ1) is 16.0. The number of nitrogens with zero attached hydrogens (tertiary/aromatic N) is 1. The van der Waals surface area contributed by atoms with E-state index in [1.54, 1.807) is 7.11 Å². The summed E-state index contributed by atoms with van der Waals surface area (Å²) in [4.78, 5) is 16.9. The van der Waals surface area contributed by atoms with Crippen LogP contribution in [-0.2, 0) is 4.79 Å². The average Bonchev–Trinajstić information content (AvgIpc) is 2.85. The molecule has 124 valence electrons. The van der Waals surface area contributed by atoms with E-state index in [-0.39, 0.29) is 10.8 Å². The summed E-state index contributed by atoms with van der Waals surface area (Å²) in [5.74, 6) is 1.03. The maximum Gasteiger partial charge on any atom is 0.246 e. The molecule has 3 rings (SSSR count). The van der Waals surface area contributed by atoms with E-state index >= 15 is 0 Å². The van der Waals surface area contributed by atoms with Gasteiger partial charge in [-0.3, -0.25) is 9.79 Å². The highest BCUT2D eigenvalue weighted by Gasteiger charge is 2.59. The second-order valence-corrected chi connectivity index (χ2v) is 7.65. The van der Waals surface area contributed by atoms with Gasteiger partial charge in [0.15, 0.2) is 6.04 Å². The third-order valence-electron chi connectivity index (χ3n) is 6.50. The molecule has 4 nitrogen and oxygen atoms in total. The van der Waals surface area contributed by atoms with Crippen molar-refractivity contribution in [2.75, 3.05) is 7.11 Å². The normalized spacial score (nSPS) is 31.3. The smallest absolute Gasteiger partial charge is 0.246 e. The van der Waals surface area contributed by atoms with Gasteiger partial charge in [0.05, 0.1) is 7.11 Å². The number of primary amides is 1. The summed E-state index contributed by atoms with van der Waals surface area (Å²) >= 11 is 0. The summed E-state index contributed by atoms with van der Waals surface area (Å²) in [6.07, 6.45) is 3.40. The molecule has 2 N–H and O–H groups in total. The predicted octanol–water partition coefficient (Wildman–Crippen LogP) is 3.51. The second-order valence-electron chi connectivity index (χ2n) is 7.65. The van der Waals surface area contributed by atoms with Gasteiger partial charge in [0.1, 0.15) is 5.75 Å². The van der Waals surface area contributed by atoms with E-state index in [0.29, 0.717) is 5.92 Å². The molecule has 2 saturated carbocycles. The number of aliphatic imine (C=N–C) groups is 1. The Kier molecular flexibility index (Phi) is 3.74. The van der Waals surface area contributed by atoms with Crippen molar-refractivity contribution in [3.8, 4) is 5.75 Å². The van der Waals surface area contributed by atoms with Crippen LogP contribution in [-0.4, -0.2) is 18.7 Å². The molecule has 2 aliphatic carbocycles. The standard InChI is InChI=1S/C19H26N2O2/c1-18(2)13-9-10-19(18,3)15(11-13)21-16(17(20)22)12-5-7-14(23-4)8-6-12/h5-8,13,16H,9-11H2,1-4H3,(H2,20,22)/t13-,16+,19+/m1/s1. The molecule has 1 aromatic rings. The number of nitrogens with two attached hydrogens (primary N) is 1. The first-order chi connectivity index (χ1) is 10.8. The number of hydrogen-bond donors (Lipinski definition) is 1. The maximum atomic E-state index is 12.0. The summed E-state index contributed by atoms with van der Waals surface area (Å²) in [5, 5.41) is 0. The highest BCUT2D eigenvalue weighted by molar-refractivity contribution is 5.96. The Hall–Kier alpha value is -1.84. The van der Waals surface area contributed by atoms with Crippen LogP contribution in [0.3, 0.4) is 0 Å². The minimum Gasteiger partial charge on any atom is -0.497 e. The van der Waals surface area contributed by atoms with E-state index in [2.05, 4.69) is 20.8 Å². The molecule has 0 unspecified atom stereocenters. The molecule has 1 amide bonds. The van der Waals surface area contributed by atoms with Gasteiger partial charge >= 0.3 is 0 Å². The lowest BCUT2D eigenvalue weighted by atomic mass is 9.70. The van der Waals surface area contributed by atoms with Gasteiger partial charge < -0.3 is 10.5 Å². The van der Waals surface area contributed by atoms with Crippen LogP contribution < -0.4 is 10.5 Å². The van der Waals surface area contributed by atoms with Crippen LogP contribution in [0.25, 0.3) is 0 Å². The number of methoxy groups -OCH3 is 1. The fourth-order valence-electron chi connectivity index (χ4n) is 4.37. The molecule has 4 heteroatoms. The van der Waals surface area contributed by atoms with Gasteiger partial charge in [0, 0.05) is 11.1 Å². The molecular weight excluding hydrogens is 288 g/mol. The Labute approximate surface area is 138 Å². The van der Waals surface area contributed by atoms with Crippen LogP contribution in [0.2, 0.25) is 0 Å². The zero-order chi connectivity index (χ0) is 16.8. The first-order valence-electron chi connectivity index (χ1n) is 8.30. The van der Waals surface area contributed by atoms with Crippen molar-refractivity contribution in [2.45, 2.75) is 46.1 Å². The molecule has 0 aromatic heterocycles. The summed E-state index contributed by atoms with van der Waals surface area (Å²) in [5.41, 5.74) is 7.97. The summed E-state index contributed by atoms with van der Waals surface area (Å²) in [7, 11) is 1.62. The third-order valence-corrected chi connectivity index (χ3v) is 6.50. The number of ether oxygens (including phenoxy) is 1. The van der Waals surface area contributed by atoms with E-state index in [1.807, 2.05) is 24.3 Å². The van der Waals surface area contributed by atoms with Crippen molar-refractivity contribution in [3.05, 3.63) is 29.8 Å². The Balaban J connectivity index is 1.96. The molecule has 2 bridgehead atoms. The number of carbonyl (C=O) groups is 1. The molecule has 0 saturated heterocycles. The number of carbonyl (C=O) groups excluding carboxylic acids is 1. The Morgan fingerprint density at radius 1 is 1.30 bits per heavy atom. The quantitative estimate of drug-likeness (QED) is 0.924. The second kappa shape index (κ2) is 5.36. The Morgan fingerprint density at radius 2 is 1.96 bits per heavy atom. The van der Waals surface area contributed by atoms with E-state index in [1.165, 1.54) is 12.1 Å². The lowest BCUT2D eigenvalue weighted by Gasteiger charge is -2.35. The molecule has 2 aliphatic rings. The number of hydrogen-bond acceptors (Lipinski definition) is 3. The van der Waals surface area contributed by atoms with E-state index in [0.717, 1.165) is 24.2 Å². The fraction of sp³-hybridized carbons (Fsp3) is 0.579. The maximum absolute atomic E-state index is 12.0.